The maximum absolute atomic E-state index is 11.2. The molecule has 0 aromatic rings. The van der Waals surface area contributed by atoms with E-state index in [1.54, 1.807) is 0 Å². The van der Waals surface area contributed by atoms with Gasteiger partial charge in [-0.3, -0.25) is 4.79 Å². The lowest BCUT2D eigenvalue weighted by Crippen LogP contribution is -2.54. The molecule has 23 heavy (non-hydrogen) atoms. The first kappa shape index (κ1) is 16.9. The molecule has 3 fully saturated rings. The van der Waals surface area contributed by atoms with Crippen LogP contribution in [0.5, 0.6) is 0 Å². The molecule has 0 aromatic heterocycles. The zero-order valence-corrected chi connectivity index (χ0v) is 14.8. The van der Waals surface area contributed by atoms with Gasteiger partial charge in [-0.05, 0) is 60.3 Å². The number of carbonyl (C=O) groups is 2. The van der Waals surface area contributed by atoms with Crippen LogP contribution in [0, 0.1) is 22.7 Å². The highest BCUT2D eigenvalue weighted by molar-refractivity contribution is 5.78. The van der Waals surface area contributed by atoms with E-state index < -0.39 is 0 Å². The van der Waals surface area contributed by atoms with Crippen molar-refractivity contribution < 1.29 is 14.3 Å². The molecule has 0 amide bonds. The Bertz CT molecular complexity index is 515. The van der Waals surface area contributed by atoms with Gasteiger partial charge in [0.05, 0.1) is 12.2 Å². The summed E-state index contributed by atoms with van der Waals surface area (Å²) in [7, 11) is 0. The van der Waals surface area contributed by atoms with E-state index in [9.17, 15) is 9.59 Å². The molecule has 3 rings (SSSR count). The number of rotatable bonds is 5. The summed E-state index contributed by atoms with van der Waals surface area (Å²) in [6.07, 6.45) is 11.0. The summed E-state index contributed by atoms with van der Waals surface area (Å²) < 4.78 is 5.97. The van der Waals surface area contributed by atoms with Crippen molar-refractivity contribution in [1.82, 2.24) is 0 Å². The van der Waals surface area contributed by atoms with Crippen LogP contribution in [0.3, 0.4) is 0 Å². The van der Waals surface area contributed by atoms with Gasteiger partial charge in [-0.2, -0.15) is 0 Å². The van der Waals surface area contributed by atoms with Gasteiger partial charge in [0.15, 0.2) is 0 Å². The number of allylic oxidation sites excluding steroid dienone is 2. The predicted octanol–water partition coefficient (Wildman–Crippen LogP) is 4.10. The fourth-order valence-electron chi connectivity index (χ4n) is 5.93. The molecule has 4 atom stereocenters. The molecule has 1 saturated heterocycles. The number of hydrogen-bond acceptors (Lipinski definition) is 3. The number of epoxide rings is 1. The average Bonchev–Trinajstić information content (AvgIpc) is 3.24. The predicted molar refractivity (Wildman–Crippen MR) is 90.1 cm³/mol. The summed E-state index contributed by atoms with van der Waals surface area (Å²) in [5.41, 5.74) is 1.34. The molecule has 3 nitrogen and oxygen atoms in total. The van der Waals surface area contributed by atoms with Gasteiger partial charge in [-0.1, -0.05) is 33.3 Å². The number of hydrogen-bond donors (Lipinski definition) is 0. The second-order valence-corrected chi connectivity index (χ2v) is 8.85. The van der Waals surface area contributed by atoms with Crippen molar-refractivity contribution in [1.29, 1.82) is 0 Å². The zero-order valence-electron chi connectivity index (χ0n) is 14.8. The van der Waals surface area contributed by atoms with Gasteiger partial charge in [-0.15, -0.1) is 0 Å². The Morgan fingerprint density at radius 3 is 2.52 bits per heavy atom. The smallest absolute Gasteiger partial charge is 0.146 e. The molecule has 1 heterocycles. The Kier molecular flexibility index (Phi) is 4.29. The van der Waals surface area contributed by atoms with Crippen molar-refractivity contribution in [2.24, 2.45) is 22.7 Å². The van der Waals surface area contributed by atoms with E-state index in [1.165, 1.54) is 25.7 Å². The normalized spacial score (nSPS) is 42.1. The first-order valence-electron chi connectivity index (χ1n) is 9.10. The van der Waals surface area contributed by atoms with Crippen molar-refractivity contribution in [2.75, 3.05) is 6.61 Å². The van der Waals surface area contributed by atoms with E-state index in [0.29, 0.717) is 16.9 Å². The Hall–Kier alpha value is -0.960. The molecule has 0 unspecified atom stereocenters. The quantitative estimate of drug-likeness (QED) is 0.435. The standard InChI is InChI=1S/C20H30O3/c1-18(2)9-4-10-19(3)16(18)7-11-20(14-23-20)17(19)6-5-15(13-22)8-12-21/h5,12-13,16-17H,4,6-11,14H2,1-3H3/b15-5+/t16-,17-,19+,20-/m1/s1. The van der Waals surface area contributed by atoms with Gasteiger partial charge in [0.25, 0.3) is 0 Å². The molecule has 2 aliphatic carbocycles. The molecule has 1 spiro atoms. The van der Waals surface area contributed by atoms with Gasteiger partial charge in [0, 0.05) is 6.42 Å². The number of carbonyl (C=O) groups excluding carboxylic acids is 2. The maximum Gasteiger partial charge on any atom is 0.146 e. The molecule has 128 valence electrons. The summed E-state index contributed by atoms with van der Waals surface area (Å²) in [4.78, 5) is 21.9. The van der Waals surface area contributed by atoms with E-state index in [1.807, 2.05) is 6.08 Å². The third kappa shape index (κ3) is 2.82. The monoisotopic (exact) mass is 318 g/mol. The highest BCUT2D eigenvalue weighted by Gasteiger charge is 2.64. The lowest BCUT2D eigenvalue weighted by atomic mass is 9.46. The van der Waals surface area contributed by atoms with Crippen LogP contribution in [0.4, 0.5) is 0 Å². The van der Waals surface area contributed by atoms with Crippen LogP contribution >= 0.6 is 0 Å². The van der Waals surface area contributed by atoms with E-state index in [4.69, 9.17) is 4.74 Å². The molecule has 0 bridgehead atoms. The highest BCUT2D eigenvalue weighted by Crippen LogP contribution is 2.66. The van der Waals surface area contributed by atoms with Crippen LogP contribution < -0.4 is 0 Å². The fourth-order valence-corrected chi connectivity index (χ4v) is 5.93. The van der Waals surface area contributed by atoms with Crippen LogP contribution in [0.1, 0.15) is 65.7 Å². The van der Waals surface area contributed by atoms with Crippen molar-refractivity contribution >= 4 is 12.6 Å². The Morgan fingerprint density at radius 2 is 1.91 bits per heavy atom. The minimum Gasteiger partial charge on any atom is -0.369 e. The SMILES string of the molecule is CC1(C)CCC[C@@]2(C)[C@@H]1CC[C@@]1(CO1)[C@@H]2C/C=C(/C=O)CC=O. The Morgan fingerprint density at radius 1 is 1.17 bits per heavy atom. The van der Waals surface area contributed by atoms with Gasteiger partial charge in [-0.25, -0.2) is 0 Å². The second kappa shape index (κ2) is 5.84. The molecule has 0 aromatic carbocycles. The van der Waals surface area contributed by atoms with Crippen molar-refractivity contribution in [3.05, 3.63) is 11.6 Å². The molecule has 3 heteroatoms. The summed E-state index contributed by atoms with van der Waals surface area (Å²) >= 11 is 0. The molecule has 3 aliphatic rings. The van der Waals surface area contributed by atoms with Crippen molar-refractivity contribution in [3.63, 3.8) is 0 Å². The molecule has 2 saturated carbocycles. The van der Waals surface area contributed by atoms with Crippen molar-refractivity contribution in [2.45, 2.75) is 71.3 Å². The minimum absolute atomic E-state index is 0.0460. The van der Waals surface area contributed by atoms with Crippen molar-refractivity contribution in [3.8, 4) is 0 Å². The van der Waals surface area contributed by atoms with E-state index in [2.05, 4.69) is 20.8 Å². The van der Waals surface area contributed by atoms with Crippen LogP contribution in [0.25, 0.3) is 0 Å². The zero-order chi connectivity index (χ0) is 16.7. The van der Waals surface area contributed by atoms with Gasteiger partial charge >= 0.3 is 0 Å². The van der Waals surface area contributed by atoms with Crippen LogP contribution in [0.2, 0.25) is 0 Å². The van der Waals surface area contributed by atoms with E-state index in [-0.39, 0.29) is 17.4 Å². The van der Waals surface area contributed by atoms with Gasteiger partial charge < -0.3 is 9.53 Å². The highest BCUT2D eigenvalue weighted by atomic mass is 16.6. The minimum atomic E-state index is 0.0460. The van der Waals surface area contributed by atoms with Crippen LogP contribution in [-0.2, 0) is 14.3 Å². The molecule has 0 N–H and O–H groups in total. The first-order chi connectivity index (χ1) is 10.9. The Balaban J connectivity index is 1.88. The van der Waals surface area contributed by atoms with Crippen LogP contribution in [-0.4, -0.2) is 24.8 Å². The van der Waals surface area contributed by atoms with E-state index >= 15 is 0 Å². The van der Waals surface area contributed by atoms with Crippen LogP contribution in [0.15, 0.2) is 11.6 Å². The third-order valence-corrected chi connectivity index (χ3v) is 7.16. The molecule has 0 radical (unpaired) electrons. The lowest BCUT2D eigenvalue weighted by Gasteiger charge is -2.59. The first-order valence-corrected chi connectivity index (χ1v) is 9.10. The Labute approximate surface area is 139 Å². The van der Waals surface area contributed by atoms with Gasteiger partial charge in [0.2, 0.25) is 0 Å². The van der Waals surface area contributed by atoms with Gasteiger partial charge in [0.1, 0.15) is 12.6 Å². The third-order valence-electron chi connectivity index (χ3n) is 7.16. The molecular formula is C20H30O3. The average molecular weight is 318 g/mol. The number of ether oxygens (including phenoxy) is 1. The number of fused-ring (bicyclic) bond motifs is 1. The molecular weight excluding hydrogens is 288 g/mol. The fraction of sp³-hybridized carbons (Fsp3) is 0.800. The second-order valence-electron chi connectivity index (χ2n) is 8.85. The summed E-state index contributed by atoms with van der Waals surface area (Å²) in [5.74, 6) is 1.19. The summed E-state index contributed by atoms with van der Waals surface area (Å²) in [6.45, 7) is 8.19. The summed E-state index contributed by atoms with van der Waals surface area (Å²) in [6, 6.07) is 0. The topological polar surface area (TPSA) is 46.7 Å². The number of aldehydes is 2. The lowest BCUT2D eigenvalue weighted by molar-refractivity contribution is -0.109. The maximum atomic E-state index is 11.2. The summed E-state index contributed by atoms with van der Waals surface area (Å²) in [5, 5.41) is 0. The van der Waals surface area contributed by atoms with E-state index in [0.717, 1.165) is 37.9 Å². The largest absolute Gasteiger partial charge is 0.369 e. The molecule has 1 aliphatic heterocycles.